The second kappa shape index (κ2) is 7.59. The van der Waals surface area contributed by atoms with Crippen molar-refractivity contribution in [2.45, 2.75) is 24.2 Å². The van der Waals surface area contributed by atoms with E-state index in [2.05, 4.69) is 0 Å². The van der Waals surface area contributed by atoms with E-state index < -0.39 is 21.1 Å². The molecule has 2 aromatic rings. The van der Waals surface area contributed by atoms with Gasteiger partial charge in [-0.2, -0.15) is 0 Å². The molecular weight excluding hydrogens is 328 g/mol. The molecule has 0 spiro atoms. The predicted molar refractivity (Wildman–Crippen MR) is 91.1 cm³/mol. The van der Waals surface area contributed by atoms with Crippen LogP contribution >= 0.6 is 0 Å². The number of ether oxygens (including phenoxy) is 2. The van der Waals surface area contributed by atoms with Gasteiger partial charge in [0.15, 0.2) is 0 Å². The van der Waals surface area contributed by atoms with Gasteiger partial charge in [-0.15, -0.1) is 0 Å². The Morgan fingerprint density at radius 1 is 1.04 bits per heavy atom. The summed E-state index contributed by atoms with van der Waals surface area (Å²) in [6, 6.07) is 12.6. The van der Waals surface area contributed by atoms with Crippen molar-refractivity contribution in [3.63, 3.8) is 0 Å². The molecule has 2 rings (SSSR count). The van der Waals surface area contributed by atoms with Crippen LogP contribution in [0.25, 0.3) is 0 Å². The van der Waals surface area contributed by atoms with E-state index in [4.69, 9.17) is 9.47 Å². The number of Topliss-reactive ketones (excluding diaryl/α,β-unsaturated/α-hetero) is 1. The lowest BCUT2D eigenvalue weighted by atomic mass is 10.1. The Kier molecular flexibility index (Phi) is 5.75. The van der Waals surface area contributed by atoms with E-state index in [9.17, 15) is 13.2 Å². The maximum Gasteiger partial charge on any atom is 0.226 e. The first-order valence-corrected chi connectivity index (χ1v) is 9.05. The summed E-state index contributed by atoms with van der Waals surface area (Å²) in [5.41, 5.74) is -0.382. The Labute approximate surface area is 142 Å². The van der Waals surface area contributed by atoms with Gasteiger partial charge < -0.3 is 9.47 Å². The number of carbonyl (C=O) groups is 1. The number of hydrogen-bond acceptors (Lipinski definition) is 5. The largest absolute Gasteiger partial charge is 0.497 e. The summed E-state index contributed by atoms with van der Waals surface area (Å²) in [5, 5.41) is 0. The summed E-state index contributed by atoms with van der Waals surface area (Å²) in [4.78, 5) is 12.7. The van der Waals surface area contributed by atoms with Crippen molar-refractivity contribution in [1.82, 2.24) is 0 Å². The summed E-state index contributed by atoms with van der Waals surface area (Å²) in [6.07, 6.45) is 0. The fourth-order valence-corrected chi connectivity index (χ4v) is 3.70. The third-order valence-electron chi connectivity index (χ3n) is 3.54. The zero-order chi connectivity index (χ0) is 17.7. The first kappa shape index (κ1) is 18.2. The highest BCUT2D eigenvalue weighted by atomic mass is 32.2. The average molecular weight is 348 g/mol. The van der Waals surface area contributed by atoms with E-state index in [0.29, 0.717) is 5.75 Å². The molecule has 0 aliphatic carbocycles. The highest BCUT2D eigenvalue weighted by Crippen LogP contribution is 2.22. The summed E-state index contributed by atoms with van der Waals surface area (Å²) in [5.74, 6) is -0.0130. The molecule has 0 aliphatic rings. The zero-order valence-corrected chi connectivity index (χ0v) is 14.7. The van der Waals surface area contributed by atoms with Crippen LogP contribution in [0.1, 0.15) is 22.8 Å². The van der Waals surface area contributed by atoms with Crippen LogP contribution in [0.3, 0.4) is 0 Å². The van der Waals surface area contributed by atoms with Gasteiger partial charge in [0.1, 0.15) is 5.75 Å². The van der Waals surface area contributed by atoms with Crippen molar-refractivity contribution in [2.75, 3.05) is 13.7 Å². The molecule has 6 heteroatoms. The summed E-state index contributed by atoms with van der Waals surface area (Å²) in [6.45, 7) is 3.62. The van der Waals surface area contributed by atoms with Crippen molar-refractivity contribution < 1.29 is 22.7 Å². The molecule has 128 valence electrons. The summed E-state index contributed by atoms with van der Waals surface area (Å²) in [7, 11) is -2.43. The molecule has 0 heterocycles. The second-order valence-electron chi connectivity index (χ2n) is 5.24. The highest BCUT2D eigenvalue weighted by Gasteiger charge is 2.35. The molecule has 1 unspecified atom stereocenters. The Balaban J connectivity index is 2.39. The van der Waals surface area contributed by atoms with Gasteiger partial charge >= 0.3 is 0 Å². The van der Waals surface area contributed by atoms with E-state index in [1.54, 1.807) is 31.2 Å². The van der Waals surface area contributed by atoms with Gasteiger partial charge in [0.25, 0.3) is 0 Å². The Morgan fingerprint density at radius 3 is 2.12 bits per heavy atom. The second-order valence-corrected chi connectivity index (χ2v) is 7.23. The number of aryl methyl sites for hydroxylation is 1. The van der Waals surface area contributed by atoms with E-state index in [1.807, 2.05) is 6.92 Å². The molecule has 0 aliphatic heterocycles. The first-order chi connectivity index (χ1) is 11.4. The molecule has 0 aromatic heterocycles. The smallest absolute Gasteiger partial charge is 0.226 e. The maximum absolute atomic E-state index is 12.8. The van der Waals surface area contributed by atoms with E-state index in [-0.39, 0.29) is 17.1 Å². The molecule has 0 saturated carbocycles. The minimum absolute atomic E-state index is 0.0633. The number of ketones is 1. The fourth-order valence-electron chi connectivity index (χ4n) is 2.20. The predicted octanol–water partition coefficient (Wildman–Crippen LogP) is 3.02. The van der Waals surface area contributed by atoms with Crippen LogP contribution in [-0.4, -0.2) is 33.4 Å². The number of sulfone groups is 1. The number of hydrogen-bond donors (Lipinski definition) is 0. The summed E-state index contributed by atoms with van der Waals surface area (Å²) >= 11 is 0. The van der Waals surface area contributed by atoms with E-state index in [0.717, 1.165) is 5.56 Å². The van der Waals surface area contributed by atoms with Gasteiger partial charge in [-0.25, -0.2) is 8.42 Å². The fraction of sp³-hybridized carbons (Fsp3) is 0.278. The molecule has 24 heavy (non-hydrogen) atoms. The van der Waals surface area contributed by atoms with Gasteiger partial charge in [-0.1, -0.05) is 17.7 Å². The van der Waals surface area contributed by atoms with Crippen molar-refractivity contribution in [2.24, 2.45) is 0 Å². The molecule has 0 radical (unpaired) electrons. The molecule has 1 atom stereocenters. The van der Waals surface area contributed by atoms with Crippen LogP contribution in [0.2, 0.25) is 0 Å². The minimum atomic E-state index is -3.95. The van der Waals surface area contributed by atoms with Crippen LogP contribution in [0, 0.1) is 6.92 Å². The Hall–Kier alpha value is -2.18. The topological polar surface area (TPSA) is 69.7 Å². The maximum atomic E-state index is 12.8. The molecular formula is C18H20O5S. The van der Waals surface area contributed by atoms with Gasteiger partial charge in [-0.05, 0) is 50.2 Å². The standard InChI is InChI=1S/C18H20O5S/c1-4-23-18(17(19)14-7-9-15(22-3)10-8-14)24(20,21)16-11-5-13(2)6-12-16/h5-12,18H,4H2,1-3H3. The Morgan fingerprint density at radius 2 is 1.62 bits per heavy atom. The Bertz CT molecular complexity index is 792. The van der Waals surface area contributed by atoms with Crippen molar-refractivity contribution >= 4 is 15.6 Å². The SMILES string of the molecule is CCOC(C(=O)c1ccc(OC)cc1)S(=O)(=O)c1ccc(C)cc1. The van der Waals surface area contributed by atoms with Crippen LogP contribution in [0.4, 0.5) is 0 Å². The van der Waals surface area contributed by atoms with E-state index >= 15 is 0 Å². The van der Waals surface area contributed by atoms with Crippen LogP contribution in [0.5, 0.6) is 5.75 Å². The summed E-state index contributed by atoms with van der Waals surface area (Å²) < 4.78 is 35.9. The lowest BCUT2D eigenvalue weighted by Crippen LogP contribution is -2.33. The van der Waals surface area contributed by atoms with Crippen LogP contribution in [-0.2, 0) is 14.6 Å². The number of carbonyl (C=O) groups excluding carboxylic acids is 1. The van der Waals surface area contributed by atoms with E-state index in [1.165, 1.54) is 31.4 Å². The molecule has 2 aromatic carbocycles. The molecule has 0 N–H and O–H groups in total. The molecule has 0 fully saturated rings. The van der Waals surface area contributed by atoms with Crippen LogP contribution in [0.15, 0.2) is 53.4 Å². The van der Waals surface area contributed by atoms with Crippen LogP contribution < -0.4 is 4.74 Å². The lowest BCUT2D eigenvalue weighted by molar-refractivity contribution is 0.0686. The van der Waals surface area contributed by atoms with Gasteiger partial charge in [0.05, 0.1) is 12.0 Å². The molecule has 0 amide bonds. The molecule has 0 bridgehead atoms. The van der Waals surface area contributed by atoms with Gasteiger partial charge in [0, 0.05) is 12.2 Å². The quantitative estimate of drug-likeness (QED) is 0.719. The third-order valence-corrected chi connectivity index (χ3v) is 5.38. The monoisotopic (exact) mass is 348 g/mol. The normalized spacial score (nSPS) is 12.6. The van der Waals surface area contributed by atoms with Gasteiger partial charge in [0.2, 0.25) is 21.1 Å². The average Bonchev–Trinajstić information content (AvgIpc) is 2.59. The number of rotatable bonds is 7. The zero-order valence-electron chi connectivity index (χ0n) is 13.9. The van der Waals surface area contributed by atoms with Gasteiger partial charge in [-0.3, -0.25) is 4.79 Å². The minimum Gasteiger partial charge on any atom is -0.497 e. The number of benzene rings is 2. The first-order valence-electron chi connectivity index (χ1n) is 7.50. The molecule has 0 saturated heterocycles. The van der Waals surface area contributed by atoms with Crippen molar-refractivity contribution in [1.29, 1.82) is 0 Å². The highest BCUT2D eigenvalue weighted by molar-refractivity contribution is 7.92. The lowest BCUT2D eigenvalue weighted by Gasteiger charge is -2.17. The molecule has 5 nitrogen and oxygen atoms in total. The van der Waals surface area contributed by atoms with Crippen molar-refractivity contribution in [3.05, 3.63) is 59.7 Å². The number of methoxy groups -OCH3 is 1. The van der Waals surface area contributed by atoms with Crippen molar-refractivity contribution in [3.8, 4) is 5.75 Å². The third kappa shape index (κ3) is 3.83.